The molecule has 0 spiro atoms. The number of amides is 1. The van der Waals surface area contributed by atoms with Crippen LogP contribution < -0.4 is 5.32 Å². The van der Waals surface area contributed by atoms with Crippen molar-refractivity contribution >= 4 is 39.1 Å². The van der Waals surface area contributed by atoms with Crippen LogP contribution in [0.2, 0.25) is 0 Å². The highest BCUT2D eigenvalue weighted by Gasteiger charge is 2.25. The molecule has 0 atom stereocenters. The SMILES string of the molecule is O=C1NC(=Cc2cccc3c2ccn3Cc2ccccc2-c2ccccc2)C(=O)S1. The Bertz CT molecular complexity index is 1310. The number of thioether (sulfide) groups is 1. The van der Waals surface area contributed by atoms with Crippen molar-refractivity contribution in [2.45, 2.75) is 6.54 Å². The monoisotopic (exact) mass is 410 g/mol. The first-order valence-corrected chi connectivity index (χ1v) is 10.5. The Kier molecular flexibility index (Phi) is 4.73. The summed E-state index contributed by atoms with van der Waals surface area (Å²) >= 11 is 0.697. The Balaban J connectivity index is 1.53. The van der Waals surface area contributed by atoms with Gasteiger partial charge < -0.3 is 9.88 Å². The molecule has 5 heteroatoms. The predicted molar refractivity (Wildman–Crippen MR) is 122 cm³/mol. The molecule has 1 aliphatic rings. The number of benzene rings is 3. The topological polar surface area (TPSA) is 51.1 Å². The van der Waals surface area contributed by atoms with Crippen molar-refractivity contribution in [2.75, 3.05) is 0 Å². The summed E-state index contributed by atoms with van der Waals surface area (Å²) in [6, 6.07) is 26.9. The summed E-state index contributed by atoms with van der Waals surface area (Å²) in [5.74, 6) is 0. The van der Waals surface area contributed by atoms with Gasteiger partial charge >= 0.3 is 0 Å². The second-order valence-corrected chi connectivity index (χ2v) is 8.05. The fourth-order valence-corrected chi connectivity index (χ4v) is 4.38. The van der Waals surface area contributed by atoms with Gasteiger partial charge in [-0.25, -0.2) is 0 Å². The van der Waals surface area contributed by atoms with Gasteiger partial charge in [0, 0.05) is 35.4 Å². The van der Waals surface area contributed by atoms with Gasteiger partial charge in [-0.1, -0.05) is 66.7 Å². The third kappa shape index (κ3) is 3.44. The number of carbonyl (C=O) groups is 2. The molecule has 4 nitrogen and oxygen atoms in total. The van der Waals surface area contributed by atoms with E-state index in [2.05, 4.69) is 76.7 Å². The second kappa shape index (κ2) is 7.69. The van der Waals surface area contributed by atoms with Gasteiger partial charge in [0.05, 0.1) is 5.70 Å². The Labute approximate surface area is 178 Å². The van der Waals surface area contributed by atoms with Crippen molar-refractivity contribution < 1.29 is 9.59 Å². The summed E-state index contributed by atoms with van der Waals surface area (Å²) in [6.45, 7) is 0.736. The van der Waals surface area contributed by atoms with Crippen LogP contribution in [-0.4, -0.2) is 14.9 Å². The Morgan fingerprint density at radius 1 is 0.867 bits per heavy atom. The number of carbonyl (C=O) groups excluding carboxylic acids is 2. The van der Waals surface area contributed by atoms with Crippen LogP contribution in [0.15, 0.2) is 90.8 Å². The molecule has 3 aromatic carbocycles. The molecule has 0 aliphatic carbocycles. The summed E-state index contributed by atoms with van der Waals surface area (Å²) in [6.07, 6.45) is 3.82. The molecule has 30 heavy (non-hydrogen) atoms. The normalized spacial score (nSPS) is 15.1. The van der Waals surface area contributed by atoms with Crippen molar-refractivity contribution in [3.63, 3.8) is 0 Å². The summed E-state index contributed by atoms with van der Waals surface area (Å²) in [5.41, 5.74) is 5.97. The highest BCUT2D eigenvalue weighted by molar-refractivity contribution is 8.27. The minimum atomic E-state index is -0.325. The molecular weight excluding hydrogens is 392 g/mol. The van der Waals surface area contributed by atoms with Crippen molar-refractivity contribution in [3.8, 4) is 11.1 Å². The second-order valence-electron chi connectivity index (χ2n) is 7.11. The largest absolute Gasteiger partial charge is 0.343 e. The molecule has 146 valence electrons. The third-order valence-electron chi connectivity index (χ3n) is 5.23. The lowest BCUT2D eigenvalue weighted by Gasteiger charge is -2.12. The lowest BCUT2D eigenvalue weighted by molar-refractivity contribution is -0.107. The third-order valence-corrected chi connectivity index (χ3v) is 5.92. The molecule has 1 N–H and O–H groups in total. The standard InChI is InChI=1S/C25H18N2O2S/c28-24-22(26-25(29)30-24)15-18-10-6-12-23-21(18)13-14-27(23)16-19-9-4-5-11-20(19)17-7-2-1-3-8-17/h1-15H,16H2,(H,26,29). The summed E-state index contributed by atoms with van der Waals surface area (Å²) < 4.78 is 2.21. The quantitative estimate of drug-likeness (QED) is 0.440. The number of fused-ring (bicyclic) bond motifs is 1. The predicted octanol–water partition coefficient (Wildman–Crippen LogP) is 5.68. The maximum Gasteiger partial charge on any atom is 0.291 e. The van der Waals surface area contributed by atoms with Gasteiger partial charge in [0.25, 0.3) is 5.24 Å². The zero-order valence-corrected chi connectivity index (χ0v) is 16.9. The molecule has 5 rings (SSSR count). The molecule has 1 amide bonds. The van der Waals surface area contributed by atoms with Crippen LogP contribution in [0, 0.1) is 0 Å². The average molecular weight is 410 g/mol. The molecule has 0 radical (unpaired) electrons. The van der Waals surface area contributed by atoms with Crippen molar-refractivity contribution in [3.05, 3.63) is 102 Å². The number of nitrogens with one attached hydrogen (secondary N) is 1. The maximum atomic E-state index is 11.9. The minimum absolute atomic E-state index is 0.242. The van der Waals surface area contributed by atoms with Crippen LogP contribution in [0.25, 0.3) is 28.1 Å². The smallest absolute Gasteiger partial charge is 0.291 e. The lowest BCUT2D eigenvalue weighted by Crippen LogP contribution is -2.10. The molecule has 1 aliphatic heterocycles. The first kappa shape index (κ1) is 18.5. The van der Waals surface area contributed by atoms with Gasteiger partial charge in [0.2, 0.25) is 5.12 Å². The van der Waals surface area contributed by atoms with Crippen molar-refractivity contribution in [1.82, 2.24) is 9.88 Å². The van der Waals surface area contributed by atoms with Gasteiger partial charge in [0.1, 0.15) is 0 Å². The molecular formula is C25H18N2O2S. The van der Waals surface area contributed by atoms with Crippen molar-refractivity contribution in [2.24, 2.45) is 0 Å². The Morgan fingerprint density at radius 3 is 2.47 bits per heavy atom. The highest BCUT2D eigenvalue weighted by Crippen LogP contribution is 2.28. The van der Waals surface area contributed by atoms with E-state index in [4.69, 9.17) is 0 Å². The van der Waals surface area contributed by atoms with Crippen LogP contribution >= 0.6 is 11.8 Å². The molecule has 1 aromatic heterocycles. The van der Waals surface area contributed by atoms with E-state index in [9.17, 15) is 9.59 Å². The fourth-order valence-electron chi connectivity index (χ4n) is 3.83. The van der Waals surface area contributed by atoms with E-state index >= 15 is 0 Å². The van der Waals surface area contributed by atoms with E-state index < -0.39 is 0 Å². The van der Waals surface area contributed by atoms with Crippen LogP contribution in [-0.2, 0) is 11.3 Å². The van der Waals surface area contributed by atoms with E-state index in [0.717, 1.165) is 23.0 Å². The first-order chi connectivity index (χ1) is 14.7. The van der Waals surface area contributed by atoms with E-state index in [1.54, 1.807) is 6.08 Å². The van der Waals surface area contributed by atoms with Crippen molar-refractivity contribution in [1.29, 1.82) is 0 Å². The zero-order chi connectivity index (χ0) is 20.5. The lowest BCUT2D eigenvalue weighted by atomic mass is 9.99. The van der Waals surface area contributed by atoms with E-state index in [1.807, 2.05) is 18.2 Å². The van der Waals surface area contributed by atoms with Gasteiger partial charge in [-0.15, -0.1) is 0 Å². The minimum Gasteiger partial charge on any atom is -0.343 e. The molecule has 0 saturated carbocycles. The van der Waals surface area contributed by atoms with Gasteiger partial charge in [0.15, 0.2) is 0 Å². The van der Waals surface area contributed by atoms with E-state index in [1.165, 1.54) is 16.7 Å². The van der Waals surface area contributed by atoms with Crippen LogP contribution in [0.4, 0.5) is 4.79 Å². The van der Waals surface area contributed by atoms with Gasteiger partial charge in [-0.2, -0.15) is 0 Å². The van der Waals surface area contributed by atoms with E-state index in [-0.39, 0.29) is 10.4 Å². The number of hydrogen-bond acceptors (Lipinski definition) is 3. The molecule has 1 saturated heterocycles. The number of nitrogens with zero attached hydrogens (tertiary/aromatic N) is 1. The molecule has 1 fully saturated rings. The number of hydrogen-bond donors (Lipinski definition) is 1. The highest BCUT2D eigenvalue weighted by atomic mass is 32.2. The summed E-state index contributed by atoms with van der Waals surface area (Å²) in [7, 11) is 0. The maximum absolute atomic E-state index is 11.9. The number of aromatic nitrogens is 1. The first-order valence-electron chi connectivity index (χ1n) is 9.65. The molecule has 0 bridgehead atoms. The summed E-state index contributed by atoms with van der Waals surface area (Å²) in [4.78, 5) is 23.4. The fraction of sp³-hybridized carbons (Fsp3) is 0.0400. The molecule has 4 aromatic rings. The summed E-state index contributed by atoms with van der Waals surface area (Å²) in [5, 5.41) is 3.09. The van der Waals surface area contributed by atoms with Gasteiger partial charge in [-0.3, -0.25) is 9.59 Å². The van der Waals surface area contributed by atoms with Crippen LogP contribution in [0.3, 0.4) is 0 Å². The molecule has 2 heterocycles. The average Bonchev–Trinajstić information content (AvgIpc) is 3.32. The zero-order valence-electron chi connectivity index (χ0n) is 16.0. The molecule has 0 unspecified atom stereocenters. The van der Waals surface area contributed by atoms with Gasteiger partial charge in [-0.05, 0) is 40.5 Å². The van der Waals surface area contributed by atoms with Crippen LogP contribution in [0.5, 0.6) is 0 Å². The number of rotatable bonds is 4. The van der Waals surface area contributed by atoms with Crippen LogP contribution in [0.1, 0.15) is 11.1 Å². The Hall–Kier alpha value is -3.57. The van der Waals surface area contributed by atoms with E-state index in [0.29, 0.717) is 17.5 Å². The Morgan fingerprint density at radius 2 is 1.67 bits per heavy atom.